The molecule has 0 spiro atoms. The van der Waals surface area contributed by atoms with Crippen LogP contribution >= 0.6 is 0 Å². The number of nitro benzene ring substituents is 1. The van der Waals surface area contributed by atoms with Crippen LogP contribution in [-0.4, -0.2) is 17.4 Å². The second-order valence-electron chi connectivity index (χ2n) is 5.77. The molecular formula is C18H21N3O3. The number of nitro groups is 1. The fraction of sp³-hybridized carbons (Fsp3) is 0.278. The zero-order valence-electron chi connectivity index (χ0n) is 14.1. The number of hydrogen-bond donors (Lipinski definition) is 1. The molecule has 0 heterocycles. The Labute approximate surface area is 141 Å². The molecule has 0 fully saturated rings. The normalized spacial score (nSPS) is 10.5. The molecule has 0 aliphatic heterocycles. The first-order valence-electron chi connectivity index (χ1n) is 7.72. The van der Waals surface area contributed by atoms with E-state index in [1.165, 1.54) is 17.7 Å². The molecule has 0 saturated carbocycles. The zero-order chi connectivity index (χ0) is 17.9. The number of benzene rings is 2. The van der Waals surface area contributed by atoms with Crippen LogP contribution < -0.4 is 10.6 Å². The number of nitrogens with zero attached hydrogens (tertiary/aromatic N) is 2. The lowest BCUT2D eigenvalue weighted by atomic mass is 10.1. The Hall–Kier alpha value is -2.89. The van der Waals surface area contributed by atoms with E-state index in [0.29, 0.717) is 18.7 Å². The smallest absolute Gasteiger partial charge is 0.275 e. The van der Waals surface area contributed by atoms with Crippen LogP contribution in [0.2, 0.25) is 0 Å². The van der Waals surface area contributed by atoms with Crippen molar-refractivity contribution in [1.29, 1.82) is 0 Å². The Morgan fingerprint density at radius 1 is 1.21 bits per heavy atom. The van der Waals surface area contributed by atoms with Gasteiger partial charge in [0.1, 0.15) is 0 Å². The average molecular weight is 327 g/mol. The summed E-state index contributed by atoms with van der Waals surface area (Å²) < 4.78 is 0. The number of hydrogen-bond acceptors (Lipinski definition) is 4. The molecule has 6 nitrogen and oxygen atoms in total. The standard InChI is InChI=1S/C18H21N3O3/c1-4-20(16-8-5-12(2)9-13(16)3)11-15-7-6-14(18(19)22)10-17(15)21(23)24/h5-10H,4,11H2,1-3H3,(H2,19,22). The molecule has 2 aromatic rings. The van der Waals surface area contributed by atoms with Gasteiger partial charge in [-0.05, 0) is 44.5 Å². The van der Waals surface area contributed by atoms with Gasteiger partial charge in [0, 0.05) is 36.0 Å². The topological polar surface area (TPSA) is 89.5 Å². The molecule has 1 amide bonds. The molecule has 2 N–H and O–H groups in total. The molecule has 2 rings (SSSR count). The van der Waals surface area contributed by atoms with Crippen LogP contribution in [0.3, 0.4) is 0 Å². The van der Waals surface area contributed by atoms with E-state index in [1.807, 2.05) is 32.9 Å². The highest BCUT2D eigenvalue weighted by Crippen LogP contribution is 2.27. The molecule has 0 aromatic heterocycles. The SMILES string of the molecule is CCN(Cc1ccc(C(N)=O)cc1[N+](=O)[O-])c1ccc(C)cc1C. The van der Waals surface area contributed by atoms with Crippen LogP contribution in [0.4, 0.5) is 11.4 Å². The highest BCUT2D eigenvalue weighted by Gasteiger charge is 2.19. The van der Waals surface area contributed by atoms with E-state index in [4.69, 9.17) is 5.73 Å². The van der Waals surface area contributed by atoms with Crippen molar-refractivity contribution in [2.75, 3.05) is 11.4 Å². The predicted octanol–water partition coefficient (Wildman–Crippen LogP) is 3.34. The van der Waals surface area contributed by atoms with Crippen molar-refractivity contribution in [2.24, 2.45) is 5.73 Å². The summed E-state index contributed by atoms with van der Waals surface area (Å²) in [6.07, 6.45) is 0. The van der Waals surface area contributed by atoms with Gasteiger partial charge in [-0.3, -0.25) is 14.9 Å². The Bertz CT molecular complexity index is 787. The first-order valence-corrected chi connectivity index (χ1v) is 7.72. The second kappa shape index (κ2) is 7.12. The number of carbonyl (C=O) groups excluding carboxylic acids is 1. The van der Waals surface area contributed by atoms with E-state index in [9.17, 15) is 14.9 Å². The van der Waals surface area contributed by atoms with Crippen molar-refractivity contribution in [2.45, 2.75) is 27.3 Å². The minimum absolute atomic E-state index is 0.0884. The summed E-state index contributed by atoms with van der Waals surface area (Å²) in [6, 6.07) is 10.5. The molecule has 0 unspecified atom stereocenters. The summed E-state index contributed by atoms with van der Waals surface area (Å²) >= 11 is 0. The van der Waals surface area contributed by atoms with Gasteiger partial charge in [0.15, 0.2) is 0 Å². The van der Waals surface area contributed by atoms with Crippen molar-refractivity contribution in [3.63, 3.8) is 0 Å². The van der Waals surface area contributed by atoms with Crippen molar-refractivity contribution in [3.05, 3.63) is 68.8 Å². The van der Waals surface area contributed by atoms with Crippen LogP contribution in [0.1, 0.15) is 34.0 Å². The van der Waals surface area contributed by atoms with Gasteiger partial charge in [-0.25, -0.2) is 0 Å². The number of carbonyl (C=O) groups is 1. The van der Waals surface area contributed by atoms with Crippen molar-refractivity contribution in [1.82, 2.24) is 0 Å². The van der Waals surface area contributed by atoms with E-state index >= 15 is 0 Å². The van der Waals surface area contributed by atoms with Gasteiger partial charge in [0.05, 0.1) is 4.92 Å². The van der Waals surface area contributed by atoms with Gasteiger partial charge in [-0.15, -0.1) is 0 Å². The number of primary amides is 1. The third kappa shape index (κ3) is 3.71. The minimum atomic E-state index is -0.675. The molecule has 6 heteroatoms. The van der Waals surface area contributed by atoms with E-state index in [-0.39, 0.29) is 11.3 Å². The van der Waals surface area contributed by atoms with E-state index in [0.717, 1.165) is 11.3 Å². The average Bonchev–Trinajstić information content (AvgIpc) is 2.53. The maximum Gasteiger partial charge on any atom is 0.275 e. The lowest BCUT2D eigenvalue weighted by Gasteiger charge is -2.25. The molecule has 24 heavy (non-hydrogen) atoms. The quantitative estimate of drug-likeness (QED) is 0.651. The number of rotatable bonds is 6. The Kier molecular flexibility index (Phi) is 5.18. The first kappa shape index (κ1) is 17.5. The lowest BCUT2D eigenvalue weighted by Crippen LogP contribution is -2.23. The second-order valence-corrected chi connectivity index (χ2v) is 5.77. The molecule has 0 aliphatic rings. The molecule has 0 saturated heterocycles. The predicted molar refractivity (Wildman–Crippen MR) is 94.3 cm³/mol. The van der Waals surface area contributed by atoms with E-state index in [2.05, 4.69) is 11.0 Å². The summed E-state index contributed by atoms with van der Waals surface area (Å²) in [6.45, 7) is 7.15. The summed E-state index contributed by atoms with van der Waals surface area (Å²) in [5.74, 6) is -0.675. The third-order valence-corrected chi connectivity index (χ3v) is 4.00. The van der Waals surface area contributed by atoms with Crippen molar-refractivity contribution >= 4 is 17.3 Å². The molecule has 0 atom stereocenters. The van der Waals surface area contributed by atoms with Gasteiger partial charge in [0.2, 0.25) is 5.91 Å². The van der Waals surface area contributed by atoms with Gasteiger partial charge in [0.25, 0.3) is 5.69 Å². The fourth-order valence-electron chi connectivity index (χ4n) is 2.75. The van der Waals surface area contributed by atoms with Gasteiger partial charge >= 0.3 is 0 Å². The molecule has 0 bridgehead atoms. The largest absolute Gasteiger partial charge is 0.367 e. The number of nitrogens with two attached hydrogens (primary N) is 1. The minimum Gasteiger partial charge on any atom is -0.367 e. The monoisotopic (exact) mass is 327 g/mol. The zero-order valence-corrected chi connectivity index (χ0v) is 14.1. The molecule has 0 radical (unpaired) electrons. The summed E-state index contributed by atoms with van der Waals surface area (Å²) in [4.78, 5) is 24.2. The maximum atomic E-state index is 11.3. The number of anilines is 1. The number of aryl methyl sites for hydroxylation is 2. The highest BCUT2D eigenvalue weighted by atomic mass is 16.6. The van der Waals surface area contributed by atoms with Crippen molar-refractivity contribution < 1.29 is 9.72 Å². The Morgan fingerprint density at radius 3 is 2.46 bits per heavy atom. The third-order valence-electron chi connectivity index (χ3n) is 4.00. The molecule has 126 valence electrons. The van der Waals surface area contributed by atoms with Gasteiger partial charge < -0.3 is 10.6 Å². The summed E-state index contributed by atoms with van der Waals surface area (Å²) in [5.41, 5.74) is 9.14. The Morgan fingerprint density at radius 2 is 1.92 bits per heavy atom. The van der Waals surface area contributed by atoms with Crippen LogP contribution in [0.25, 0.3) is 0 Å². The van der Waals surface area contributed by atoms with Crippen LogP contribution in [0.15, 0.2) is 36.4 Å². The maximum absolute atomic E-state index is 11.3. The van der Waals surface area contributed by atoms with E-state index < -0.39 is 10.8 Å². The molecule has 0 aliphatic carbocycles. The van der Waals surface area contributed by atoms with Crippen LogP contribution in [-0.2, 0) is 6.54 Å². The van der Waals surface area contributed by atoms with Crippen LogP contribution in [0.5, 0.6) is 0 Å². The Balaban J connectivity index is 2.40. The van der Waals surface area contributed by atoms with E-state index in [1.54, 1.807) is 6.07 Å². The van der Waals surface area contributed by atoms with Gasteiger partial charge in [-0.2, -0.15) is 0 Å². The number of amides is 1. The molecule has 2 aromatic carbocycles. The lowest BCUT2D eigenvalue weighted by molar-refractivity contribution is -0.385. The summed E-state index contributed by atoms with van der Waals surface area (Å²) in [5, 5.41) is 11.3. The van der Waals surface area contributed by atoms with Crippen LogP contribution in [0, 0.1) is 24.0 Å². The van der Waals surface area contributed by atoms with Gasteiger partial charge in [-0.1, -0.05) is 17.7 Å². The fourth-order valence-corrected chi connectivity index (χ4v) is 2.75. The highest BCUT2D eigenvalue weighted by molar-refractivity contribution is 5.93. The van der Waals surface area contributed by atoms with Crippen molar-refractivity contribution in [3.8, 4) is 0 Å². The summed E-state index contributed by atoms with van der Waals surface area (Å²) in [7, 11) is 0. The molecular weight excluding hydrogens is 306 g/mol. The first-order chi connectivity index (χ1) is 11.3.